The molecule has 0 atom stereocenters. The van der Waals surface area contributed by atoms with E-state index in [-0.39, 0.29) is 53.9 Å². The number of non-ortho nitro benzene ring substituents is 2. The first-order valence-electron chi connectivity index (χ1n) is 19.7. The zero-order valence-corrected chi connectivity index (χ0v) is 33.0. The van der Waals surface area contributed by atoms with Gasteiger partial charge >= 0.3 is 0 Å². The van der Waals surface area contributed by atoms with Gasteiger partial charge in [-0.3, -0.25) is 29.8 Å². The van der Waals surface area contributed by atoms with E-state index in [1.54, 1.807) is 12.1 Å². The Hall–Kier alpha value is -8.78. The average Bonchev–Trinajstić information content (AvgIpc) is 4.10. The molecule has 0 radical (unpaired) electrons. The average molecular weight is 837 g/mol. The minimum Gasteiger partial charge on any atom is -0.489 e. The number of nitro benzene ring substituents is 2. The molecule has 0 aliphatic carbocycles. The normalized spacial score (nSPS) is 11.4. The molecular weight excluding hydrogens is 805 g/mol. The number of carbonyl (C=O) groups excluding carboxylic acids is 2. The highest BCUT2D eigenvalue weighted by atomic mass is 16.6. The number of fused-ring (bicyclic) bond motifs is 4. The zero-order chi connectivity index (χ0) is 43.2. The molecule has 10 rings (SSSR count). The molecule has 0 aliphatic heterocycles. The molecule has 0 spiro atoms. The van der Waals surface area contributed by atoms with Gasteiger partial charge in [0, 0.05) is 63.3 Å². The number of ketones is 2. The molecule has 14 heteroatoms. The fourth-order valence-electron chi connectivity index (χ4n) is 7.81. The first-order chi connectivity index (χ1) is 30.6. The highest BCUT2D eigenvalue weighted by Crippen LogP contribution is 2.37. The van der Waals surface area contributed by atoms with Crippen molar-refractivity contribution in [2.75, 3.05) is 0 Å². The third-order valence-corrected chi connectivity index (χ3v) is 10.9. The Bertz CT molecular complexity index is 3210. The second-order valence-corrected chi connectivity index (χ2v) is 14.9. The van der Waals surface area contributed by atoms with Crippen LogP contribution < -0.4 is 9.47 Å². The molecule has 0 unspecified atom stereocenters. The van der Waals surface area contributed by atoms with Crippen LogP contribution >= 0.6 is 0 Å². The van der Waals surface area contributed by atoms with Crippen LogP contribution in [0.1, 0.15) is 54.8 Å². The summed E-state index contributed by atoms with van der Waals surface area (Å²) in [6, 6.07) is 41.4. The summed E-state index contributed by atoms with van der Waals surface area (Å²) in [5.41, 5.74) is 4.76. The van der Waals surface area contributed by atoms with Crippen LogP contribution in [-0.4, -0.2) is 31.4 Å². The summed E-state index contributed by atoms with van der Waals surface area (Å²) in [5, 5.41) is 25.1. The smallest absolute Gasteiger partial charge is 0.270 e. The third-order valence-electron chi connectivity index (χ3n) is 10.9. The van der Waals surface area contributed by atoms with Crippen LogP contribution in [0.4, 0.5) is 11.4 Å². The number of hydrogen-bond acceptors (Lipinski definition) is 10. The Balaban J connectivity index is 1.12. The number of ether oxygens (including phenoxy) is 2. The molecular formula is C49H32N4O10. The molecule has 0 aliphatic rings. The number of aromatic amines is 2. The summed E-state index contributed by atoms with van der Waals surface area (Å²) in [4.78, 5) is 58.0. The van der Waals surface area contributed by atoms with Gasteiger partial charge in [0.15, 0.2) is 11.5 Å². The number of nitrogens with zero attached hydrogens (tertiary/aromatic N) is 2. The lowest BCUT2D eigenvalue weighted by molar-refractivity contribution is -0.384. The van der Waals surface area contributed by atoms with Gasteiger partial charge in [0.05, 0.1) is 21.2 Å². The topological polar surface area (TPSA) is 197 Å². The number of nitrogens with one attached hydrogen (secondary N) is 2. The van der Waals surface area contributed by atoms with Crippen molar-refractivity contribution < 1.29 is 37.7 Å². The lowest BCUT2D eigenvalue weighted by Gasteiger charge is -2.09. The van der Waals surface area contributed by atoms with Crippen LogP contribution in [0.3, 0.4) is 0 Å². The predicted octanol–water partition coefficient (Wildman–Crippen LogP) is 11.2. The van der Waals surface area contributed by atoms with Crippen LogP contribution in [0.2, 0.25) is 0 Å². The lowest BCUT2D eigenvalue weighted by Crippen LogP contribution is -2.08. The molecule has 0 saturated carbocycles. The van der Waals surface area contributed by atoms with E-state index in [1.807, 2.05) is 84.9 Å². The number of carbonyl (C=O) groups is 2. The van der Waals surface area contributed by atoms with Crippen molar-refractivity contribution in [1.29, 1.82) is 0 Å². The first-order valence-corrected chi connectivity index (χ1v) is 19.7. The minimum absolute atomic E-state index is 0.0177. The first kappa shape index (κ1) is 38.4. The van der Waals surface area contributed by atoms with E-state index < -0.39 is 21.4 Å². The number of nitro groups is 2. The minimum atomic E-state index is -0.523. The maximum absolute atomic E-state index is 14.7. The van der Waals surface area contributed by atoms with Crippen molar-refractivity contribution in [3.63, 3.8) is 0 Å². The van der Waals surface area contributed by atoms with Gasteiger partial charge in [-0.15, -0.1) is 0 Å². The summed E-state index contributed by atoms with van der Waals surface area (Å²) < 4.78 is 24.4. The van der Waals surface area contributed by atoms with Gasteiger partial charge in [-0.25, -0.2) is 0 Å². The number of aromatic nitrogens is 2. The molecule has 14 nitrogen and oxygen atoms in total. The lowest BCUT2D eigenvalue weighted by atomic mass is 9.95. The van der Waals surface area contributed by atoms with E-state index in [4.69, 9.17) is 18.3 Å². The van der Waals surface area contributed by atoms with Crippen LogP contribution in [0.15, 0.2) is 154 Å². The Morgan fingerprint density at radius 1 is 0.524 bits per heavy atom. The van der Waals surface area contributed by atoms with E-state index in [0.29, 0.717) is 66.4 Å². The second kappa shape index (κ2) is 15.7. The van der Waals surface area contributed by atoms with Crippen LogP contribution in [-0.2, 0) is 19.6 Å². The highest BCUT2D eigenvalue weighted by molar-refractivity contribution is 6.14. The van der Waals surface area contributed by atoms with Gasteiger partial charge in [0.1, 0.15) is 35.9 Å². The van der Waals surface area contributed by atoms with Gasteiger partial charge in [0.25, 0.3) is 11.4 Å². The van der Waals surface area contributed by atoms with Crippen LogP contribution in [0.5, 0.6) is 11.5 Å². The van der Waals surface area contributed by atoms with Crippen molar-refractivity contribution in [3.8, 4) is 11.5 Å². The fraction of sp³-hybridized carbons (Fsp3) is 0.0612. The van der Waals surface area contributed by atoms with Gasteiger partial charge in [-0.2, -0.15) is 0 Å². The molecule has 0 bridgehead atoms. The van der Waals surface area contributed by atoms with Gasteiger partial charge < -0.3 is 28.3 Å². The van der Waals surface area contributed by atoms with E-state index in [0.717, 1.165) is 11.1 Å². The maximum atomic E-state index is 14.7. The monoisotopic (exact) mass is 836 g/mol. The second-order valence-electron chi connectivity index (χ2n) is 14.9. The quantitative estimate of drug-likeness (QED) is 0.0604. The molecule has 0 amide bonds. The number of furan rings is 2. The van der Waals surface area contributed by atoms with Crippen molar-refractivity contribution >= 4 is 66.7 Å². The van der Waals surface area contributed by atoms with Crippen LogP contribution in [0.25, 0.3) is 43.7 Å². The van der Waals surface area contributed by atoms with Gasteiger partial charge in [-0.05, 0) is 82.9 Å². The van der Waals surface area contributed by atoms with E-state index in [2.05, 4.69) is 9.97 Å². The Labute approximate surface area is 355 Å². The van der Waals surface area contributed by atoms with Gasteiger partial charge in [-0.1, -0.05) is 60.7 Å². The van der Waals surface area contributed by atoms with E-state index in [1.165, 1.54) is 48.5 Å². The van der Waals surface area contributed by atoms with Crippen molar-refractivity contribution in [2.24, 2.45) is 0 Å². The van der Waals surface area contributed by atoms with Crippen molar-refractivity contribution in [3.05, 3.63) is 211 Å². The Kier molecular flexibility index (Phi) is 9.56. The van der Waals surface area contributed by atoms with E-state index >= 15 is 0 Å². The van der Waals surface area contributed by atoms with Gasteiger partial charge in [0.2, 0.25) is 11.6 Å². The molecule has 63 heavy (non-hydrogen) atoms. The van der Waals surface area contributed by atoms with Crippen molar-refractivity contribution in [2.45, 2.75) is 19.6 Å². The Morgan fingerprint density at radius 2 is 0.952 bits per heavy atom. The fourth-order valence-corrected chi connectivity index (χ4v) is 7.81. The van der Waals surface area contributed by atoms with Crippen LogP contribution in [0, 0.1) is 20.2 Å². The number of H-pyrrole nitrogens is 2. The predicted molar refractivity (Wildman–Crippen MR) is 234 cm³/mol. The zero-order valence-electron chi connectivity index (χ0n) is 33.0. The maximum Gasteiger partial charge on any atom is 0.270 e. The standard InChI is InChI=1S/C49H32N4O10/c54-48(44-21-30-19-32(52(56)57)11-17-42(30)62-44)46-38(36-23-34(13-15-40(36)50-46)60-26-28-7-3-1-4-8-28)25-39-37-24-35(61-27-29-9-5-2-6-10-29)14-16-41(37)51-47(39)49(55)45-22-31-20-33(53(58)59)12-18-43(31)63-45/h1-24,50-51H,25-27H2. The third kappa shape index (κ3) is 7.42. The number of rotatable bonds is 14. The summed E-state index contributed by atoms with van der Waals surface area (Å²) in [6.45, 7) is 0.576. The molecule has 6 aromatic carbocycles. The molecule has 0 fully saturated rings. The van der Waals surface area contributed by atoms with E-state index in [9.17, 15) is 29.8 Å². The van der Waals surface area contributed by atoms with Crippen molar-refractivity contribution in [1.82, 2.24) is 9.97 Å². The summed E-state index contributed by atoms with van der Waals surface area (Å²) in [6.07, 6.45) is 0.0177. The number of benzene rings is 6. The molecule has 10 aromatic rings. The highest BCUT2D eigenvalue weighted by Gasteiger charge is 2.28. The Morgan fingerprint density at radius 3 is 1.37 bits per heavy atom. The molecule has 0 saturated heterocycles. The summed E-state index contributed by atoms with van der Waals surface area (Å²) in [7, 11) is 0. The molecule has 4 heterocycles. The largest absolute Gasteiger partial charge is 0.489 e. The SMILES string of the molecule is O=C(c1cc2cc([N+](=O)[O-])ccc2o1)c1[nH]c2ccc(OCc3ccccc3)cc2c1Cc1c(C(=O)c2cc3cc([N+](=O)[O-])ccc3o2)[nH]c2ccc(OCc3ccccc3)cc12. The molecule has 308 valence electrons. The number of hydrogen-bond donors (Lipinski definition) is 2. The molecule has 2 N–H and O–H groups in total. The summed E-state index contributed by atoms with van der Waals surface area (Å²) in [5.74, 6) is -0.0886. The summed E-state index contributed by atoms with van der Waals surface area (Å²) >= 11 is 0. The molecule has 4 aromatic heterocycles.